The molecular weight excluding hydrogens is 452 g/mol. The molecule has 0 saturated carbocycles. The van der Waals surface area contributed by atoms with Crippen molar-refractivity contribution in [1.82, 2.24) is 29.3 Å². The second-order valence-corrected chi connectivity index (χ2v) is 6.79. The Balaban J connectivity index is 2.07. The summed E-state index contributed by atoms with van der Waals surface area (Å²) in [5, 5.41) is 11.0. The van der Waals surface area contributed by atoms with Gasteiger partial charge in [0.2, 0.25) is 0 Å². The fraction of sp³-hybridized carbons (Fsp3) is 0.312. The molecule has 0 amide bonds. The number of aryl methyl sites for hydroxylation is 1. The molecule has 9 nitrogen and oxygen atoms in total. The van der Waals surface area contributed by atoms with Crippen LogP contribution in [0.4, 0.5) is 13.2 Å². The summed E-state index contributed by atoms with van der Waals surface area (Å²) in [6, 6.07) is 2.70. The van der Waals surface area contributed by atoms with Gasteiger partial charge in [0.05, 0.1) is 15.7 Å². The molecule has 2 heterocycles. The zero-order valence-electron chi connectivity index (χ0n) is 15.4. The van der Waals surface area contributed by atoms with Crippen LogP contribution in [0.25, 0.3) is 5.69 Å². The monoisotopic (exact) mass is 464 g/mol. The predicted molar refractivity (Wildman–Crippen MR) is 100 cm³/mol. The average Bonchev–Trinajstić information content (AvgIpc) is 3.12. The smallest absolute Gasteiger partial charge is 0.431 e. The molecule has 0 unspecified atom stereocenters. The molecule has 0 spiro atoms. The maximum Gasteiger partial charge on any atom is 0.431 e. The van der Waals surface area contributed by atoms with Crippen molar-refractivity contribution in [3.63, 3.8) is 0 Å². The summed E-state index contributed by atoms with van der Waals surface area (Å²) in [6.07, 6.45) is -4.88. The molecule has 0 atom stereocenters. The van der Waals surface area contributed by atoms with Crippen molar-refractivity contribution in [2.75, 3.05) is 0 Å². The molecule has 0 aliphatic carbocycles. The van der Waals surface area contributed by atoms with Crippen molar-refractivity contribution in [1.29, 1.82) is 0 Å². The standard InChI is InChI=1S/C16H13Cl2F3N6O3/c1-3-26-13(22-23-24-26)7-30-11-5-10(8(17)4-9(11)18)27-14(28)6-12(16(19,20)21)25(2)15(27)29/h4-6H,3,7H2,1-2H3. The van der Waals surface area contributed by atoms with Gasteiger partial charge in [-0.3, -0.25) is 9.36 Å². The molecule has 160 valence electrons. The van der Waals surface area contributed by atoms with Crippen LogP contribution in [0.3, 0.4) is 0 Å². The van der Waals surface area contributed by atoms with Crippen LogP contribution in [0.2, 0.25) is 10.0 Å². The molecule has 3 rings (SSSR count). The summed E-state index contributed by atoms with van der Waals surface area (Å²) in [6.45, 7) is 2.21. The van der Waals surface area contributed by atoms with Gasteiger partial charge in [0, 0.05) is 25.7 Å². The van der Waals surface area contributed by atoms with E-state index < -0.39 is 23.1 Å². The fourth-order valence-electron chi connectivity index (χ4n) is 2.63. The van der Waals surface area contributed by atoms with Gasteiger partial charge in [-0.1, -0.05) is 23.2 Å². The van der Waals surface area contributed by atoms with Crippen LogP contribution >= 0.6 is 23.2 Å². The number of hydrogen-bond donors (Lipinski definition) is 0. The summed E-state index contributed by atoms with van der Waals surface area (Å²) in [7, 11) is 0.896. The van der Waals surface area contributed by atoms with Gasteiger partial charge < -0.3 is 4.74 Å². The Kier molecular flexibility index (Phi) is 5.90. The van der Waals surface area contributed by atoms with Crippen LogP contribution in [-0.4, -0.2) is 29.3 Å². The number of halogens is 5. The van der Waals surface area contributed by atoms with E-state index >= 15 is 0 Å². The molecule has 0 aliphatic rings. The third kappa shape index (κ3) is 4.05. The SMILES string of the molecule is CCn1nnnc1COc1cc(-n2c(=O)cc(C(F)(F)F)n(C)c2=O)c(Cl)cc1Cl. The Morgan fingerprint density at radius 3 is 2.47 bits per heavy atom. The molecule has 1 aromatic carbocycles. The van der Waals surface area contributed by atoms with Crippen LogP contribution in [-0.2, 0) is 26.4 Å². The van der Waals surface area contributed by atoms with E-state index in [1.807, 2.05) is 6.92 Å². The van der Waals surface area contributed by atoms with E-state index in [2.05, 4.69) is 15.5 Å². The number of benzene rings is 1. The normalized spacial score (nSPS) is 11.7. The summed E-state index contributed by atoms with van der Waals surface area (Å²) in [4.78, 5) is 24.8. The third-order valence-corrected chi connectivity index (χ3v) is 4.71. The Morgan fingerprint density at radius 1 is 1.13 bits per heavy atom. The minimum Gasteiger partial charge on any atom is -0.484 e. The van der Waals surface area contributed by atoms with Crippen LogP contribution in [0, 0.1) is 0 Å². The summed E-state index contributed by atoms with van der Waals surface area (Å²) in [5.74, 6) is 0.406. The Bertz CT molecular complexity index is 1220. The molecule has 3 aromatic rings. The minimum absolute atomic E-state index is 0.0237. The molecule has 0 N–H and O–H groups in total. The van der Waals surface area contributed by atoms with Crippen molar-refractivity contribution >= 4 is 23.2 Å². The van der Waals surface area contributed by atoms with Crippen LogP contribution in [0.5, 0.6) is 5.75 Å². The van der Waals surface area contributed by atoms with E-state index in [9.17, 15) is 22.8 Å². The number of tetrazole rings is 1. The molecule has 14 heteroatoms. The van der Waals surface area contributed by atoms with Gasteiger partial charge in [-0.05, 0) is 23.4 Å². The van der Waals surface area contributed by atoms with Crippen LogP contribution in [0.1, 0.15) is 18.4 Å². The lowest BCUT2D eigenvalue weighted by molar-refractivity contribution is -0.144. The first kappa shape index (κ1) is 21.8. The maximum absolute atomic E-state index is 13.0. The fourth-order valence-corrected chi connectivity index (χ4v) is 3.16. The molecule has 0 fully saturated rings. The number of nitrogens with zero attached hydrogens (tertiary/aromatic N) is 6. The Morgan fingerprint density at radius 2 is 1.83 bits per heavy atom. The van der Waals surface area contributed by atoms with Gasteiger partial charge in [0.1, 0.15) is 18.1 Å². The van der Waals surface area contributed by atoms with Gasteiger partial charge >= 0.3 is 11.9 Å². The van der Waals surface area contributed by atoms with Crippen molar-refractivity contribution in [3.05, 3.63) is 60.6 Å². The Hall–Kier alpha value is -2.86. The van der Waals surface area contributed by atoms with Crippen molar-refractivity contribution < 1.29 is 17.9 Å². The van der Waals surface area contributed by atoms with Gasteiger partial charge in [-0.15, -0.1) is 5.10 Å². The lowest BCUT2D eigenvalue weighted by atomic mass is 10.2. The Labute approximate surface area is 176 Å². The predicted octanol–water partition coefficient (Wildman–Crippen LogP) is 2.45. The highest BCUT2D eigenvalue weighted by molar-refractivity contribution is 6.36. The molecule has 0 saturated heterocycles. The van der Waals surface area contributed by atoms with E-state index in [1.165, 1.54) is 16.8 Å². The van der Waals surface area contributed by atoms with E-state index in [-0.39, 0.29) is 28.1 Å². The lowest BCUT2D eigenvalue weighted by Gasteiger charge is -2.16. The first-order valence-corrected chi connectivity index (χ1v) is 9.07. The number of hydrogen-bond acceptors (Lipinski definition) is 6. The average molecular weight is 465 g/mol. The third-order valence-electron chi connectivity index (χ3n) is 4.12. The van der Waals surface area contributed by atoms with E-state index in [0.717, 1.165) is 7.05 Å². The highest BCUT2D eigenvalue weighted by Crippen LogP contribution is 2.33. The largest absolute Gasteiger partial charge is 0.484 e. The second-order valence-electron chi connectivity index (χ2n) is 5.98. The number of alkyl halides is 3. The lowest BCUT2D eigenvalue weighted by Crippen LogP contribution is -2.40. The molecular formula is C16H13Cl2F3N6O3. The first-order chi connectivity index (χ1) is 14.0. The number of rotatable bonds is 5. The van der Waals surface area contributed by atoms with E-state index in [1.54, 1.807) is 0 Å². The van der Waals surface area contributed by atoms with E-state index in [0.29, 0.717) is 27.6 Å². The maximum atomic E-state index is 13.0. The molecule has 0 aliphatic heterocycles. The zero-order chi connectivity index (χ0) is 22.2. The summed E-state index contributed by atoms with van der Waals surface area (Å²) >= 11 is 12.2. The molecule has 0 bridgehead atoms. The van der Waals surface area contributed by atoms with Crippen molar-refractivity contribution in [2.24, 2.45) is 7.05 Å². The zero-order valence-corrected chi connectivity index (χ0v) is 17.0. The van der Waals surface area contributed by atoms with E-state index in [4.69, 9.17) is 27.9 Å². The van der Waals surface area contributed by atoms with Gasteiger partial charge in [-0.2, -0.15) is 13.2 Å². The minimum atomic E-state index is -4.88. The first-order valence-electron chi connectivity index (χ1n) is 8.32. The summed E-state index contributed by atoms with van der Waals surface area (Å²) < 4.78 is 47.0. The van der Waals surface area contributed by atoms with Gasteiger partial charge in [0.15, 0.2) is 5.82 Å². The number of ether oxygens (including phenoxy) is 1. The topological polar surface area (TPSA) is 96.8 Å². The number of aromatic nitrogens is 6. The molecule has 2 aromatic heterocycles. The van der Waals surface area contributed by atoms with Crippen molar-refractivity contribution in [2.45, 2.75) is 26.3 Å². The van der Waals surface area contributed by atoms with Crippen LogP contribution in [0.15, 0.2) is 27.8 Å². The highest BCUT2D eigenvalue weighted by Gasteiger charge is 2.35. The molecule has 30 heavy (non-hydrogen) atoms. The second kappa shape index (κ2) is 8.11. The van der Waals surface area contributed by atoms with Gasteiger partial charge in [-0.25, -0.2) is 14.0 Å². The van der Waals surface area contributed by atoms with Crippen molar-refractivity contribution in [3.8, 4) is 11.4 Å². The van der Waals surface area contributed by atoms with Crippen LogP contribution < -0.4 is 16.0 Å². The quantitative estimate of drug-likeness (QED) is 0.575. The molecule has 0 radical (unpaired) electrons. The highest BCUT2D eigenvalue weighted by atomic mass is 35.5. The summed E-state index contributed by atoms with van der Waals surface area (Å²) in [5.41, 5.74) is -4.03. The van der Waals surface area contributed by atoms with Gasteiger partial charge in [0.25, 0.3) is 5.56 Å².